The highest BCUT2D eigenvalue weighted by Gasteiger charge is 2.60. The van der Waals surface area contributed by atoms with E-state index in [0.717, 1.165) is 21.0 Å². The number of rotatable bonds is 5. The SMILES string of the molecule is O=C1[C@@H]2[C@@H](ON(c3ccccc3)[C@H]2c2ccc(-c3ccc([N+](=O)[O-])cc3)s2)C(=O)N1c1ccc(Cl)cc1. The minimum absolute atomic E-state index is 0.0140. The number of nitro groups is 1. The predicted molar refractivity (Wildman–Crippen MR) is 140 cm³/mol. The highest BCUT2D eigenvalue weighted by Crippen LogP contribution is 2.49. The zero-order valence-corrected chi connectivity index (χ0v) is 20.6. The highest BCUT2D eigenvalue weighted by atomic mass is 35.5. The fraction of sp³-hybridized carbons (Fsp3) is 0.111. The molecule has 3 heterocycles. The molecule has 2 aliphatic rings. The van der Waals surface area contributed by atoms with Gasteiger partial charge in [0.2, 0.25) is 5.91 Å². The number of para-hydroxylation sites is 1. The number of nitrogens with zero attached hydrogens (tertiary/aromatic N) is 3. The van der Waals surface area contributed by atoms with Crippen molar-refractivity contribution in [1.29, 1.82) is 0 Å². The lowest BCUT2D eigenvalue weighted by Gasteiger charge is -2.27. The Balaban J connectivity index is 1.39. The van der Waals surface area contributed by atoms with E-state index in [9.17, 15) is 19.7 Å². The first-order valence-corrected chi connectivity index (χ1v) is 12.6. The first kappa shape index (κ1) is 23.4. The molecule has 0 saturated carbocycles. The average molecular weight is 532 g/mol. The molecule has 0 spiro atoms. The van der Waals surface area contributed by atoms with Crippen molar-refractivity contribution in [2.45, 2.75) is 12.1 Å². The molecule has 0 aliphatic carbocycles. The molecular weight excluding hydrogens is 514 g/mol. The van der Waals surface area contributed by atoms with E-state index < -0.39 is 28.9 Å². The number of hydrogen-bond donors (Lipinski definition) is 0. The number of hydroxylamine groups is 1. The Morgan fingerprint density at radius 1 is 0.838 bits per heavy atom. The van der Waals surface area contributed by atoms with Gasteiger partial charge >= 0.3 is 0 Å². The van der Waals surface area contributed by atoms with Crippen molar-refractivity contribution in [1.82, 2.24) is 0 Å². The van der Waals surface area contributed by atoms with Crippen LogP contribution in [0.15, 0.2) is 91.0 Å². The molecule has 2 amide bonds. The summed E-state index contributed by atoms with van der Waals surface area (Å²) < 4.78 is 0. The molecule has 0 N–H and O–H groups in total. The number of benzene rings is 3. The van der Waals surface area contributed by atoms with Crippen LogP contribution in [-0.2, 0) is 14.4 Å². The van der Waals surface area contributed by atoms with Crippen LogP contribution in [0.3, 0.4) is 0 Å². The van der Waals surface area contributed by atoms with Gasteiger partial charge in [-0.05, 0) is 66.2 Å². The summed E-state index contributed by atoms with van der Waals surface area (Å²) in [6.45, 7) is 0. The second-order valence-corrected chi connectivity index (χ2v) is 10.2. The van der Waals surface area contributed by atoms with E-state index >= 15 is 0 Å². The van der Waals surface area contributed by atoms with Gasteiger partial charge in [-0.3, -0.25) is 24.5 Å². The summed E-state index contributed by atoms with van der Waals surface area (Å²) in [5, 5.41) is 13.2. The Kier molecular flexibility index (Phi) is 5.75. The van der Waals surface area contributed by atoms with Gasteiger partial charge in [-0.2, -0.15) is 0 Å². The van der Waals surface area contributed by atoms with Crippen LogP contribution in [0.25, 0.3) is 10.4 Å². The number of non-ortho nitro benzene ring substituents is 1. The van der Waals surface area contributed by atoms with E-state index in [-0.39, 0.29) is 11.6 Å². The molecule has 0 unspecified atom stereocenters. The zero-order valence-electron chi connectivity index (χ0n) is 19.1. The zero-order chi connectivity index (χ0) is 25.7. The maximum absolute atomic E-state index is 13.7. The number of anilines is 2. The number of fused-ring (bicyclic) bond motifs is 1. The van der Waals surface area contributed by atoms with Gasteiger partial charge in [-0.1, -0.05) is 29.8 Å². The van der Waals surface area contributed by atoms with E-state index in [1.165, 1.54) is 28.4 Å². The Hall–Kier alpha value is -4.05. The van der Waals surface area contributed by atoms with Gasteiger partial charge in [-0.25, -0.2) is 9.96 Å². The molecule has 2 fully saturated rings. The Bertz CT molecular complexity index is 1510. The number of halogens is 1. The van der Waals surface area contributed by atoms with Crippen LogP contribution in [0, 0.1) is 16.0 Å². The van der Waals surface area contributed by atoms with Gasteiger partial charge in [0.05, 0.1) is 16.3 Å². The largest absolute Gasteiger partial charge is 0.273 e. The highest BCUT2D eigenvalue weighted by molar-refractivity contribution is 7.15. The summed E-state index contributed by atoms with van der Waals surface area (Å²) in [6, 6.07) is 25.5. The Morgan fingerprint density at radius 2 is 1.54 bits per heavy atom. The van der Waals surface area contributed by atoms with E-state index in [1.54, 1.807) is 41.5 Å². The van der Waals surface area contributed by atoms with Gasteiger partial charge < -0.3 is 0 Å². The smallest absolute Gasteiger partial charge is 0.269 e. The van der Waals surface area contributed by atoms with Gasteiger partial charge in [0.1, 0.15) is 12.0 Å². The fourth-order valence-corrected chi connectivity index (χ4v) is 6.03. The molecule has 2 aliphatic heterocycles. The van der Waals surface area contributed by atoms with Crippen molar-refractivity contribution in [2.75, 3.05) is 9.96 Å². The molecule has 0 bridgehead atoms. The number of thiophene rings is 1. The van der Waals surface area contributed by atoms with Crippen molar-refractivity contribution < 1.29 is 19.3 Å². The van der Waals surface area contributed by atoms with Crippen molar-refractivity contribution in [3.8, 4) is 10.4 Å². The summed E-state index contributed by atoms with van der Waals surface area (Å²) in [6.07, 6.45) is -0.974. The Morgan fingerprint density at radius 3 is 2.22 bits per heavy atom. The minimum atomic E-state index is -0.974. The van der Waals surface area contributed by atoms with Crippen LogP contribution in [0.5, 0.6) is 0 Å². The molecule has 8 nitrogen and oxygen atoms in total. The molecule has 4 aromatic rings. The molecule has 3 atom stereocenters. The second kappa shape index (κ2) is 9.11. The molecule has 184 valence electrons. The van der Waals surface area contributed by atoms with E-state index in [4.69, 9.17) is 16.4 Å². The van der Waals surface area contributed by atoms with E-state index in [0.29, 0.717) is 10.7 Å². The van der Waals surface area contributed by atoms with Crippen molar-refractivity contribution in [3.05, 3.63) is 111 Å². The standard InChI is InChI=1S/C27H18ClN3O5S/c28-17-8-12-18(13-9-17)29-26(32)23-24(30(36-25(23)27(29)33)19-4-2-1-3-5-19)22-15-14-21(37-22)16-6-10-20(11-7-16)31(34)35/h1-15,23-25H/t23-,24-,25+/m0/s1. The molecule has 3 aromatic carbocycles. The quantitative estimate of drug-likeness (QED) is 0.177. The normalized spacial score (nSPS) is 20.9. The maximum atomic E-state index is 13.7. The van der Waals surface area contributed by atoms with Crippen LogP contribution < -0.4 is 9.96 Å². The van der Waals surface area contributed by atoms with Crippen LogP contribution in [-0.4, -0.2) is 22.8 Å². The summed E-state index contributed by atoms with van der Waals surface area (Å²) in [7, 11) is 0. The van der Waals surface area contributed by atoms with Gasteiger partial charge in [0.15, 0.2) is 6.10 Å². The number of nitro benzene ring substituents is 1. The predicted octanol–water partition coefficient (Wildman–Crippen LogP) is 6.03. The molecular formula is C27H18ClN3O5S. The summed E-state index contributed by atoms with van der Waals surface area (Å²) in [5.74, 6) is -1.52. The van der Waals surface area contributed by atoms with E-state index in [1.807, 2.05) is 42.5 Å². The van der Waals surface area contributed by atoms with Crippen LogP contribution in [0.2, 0.25) is 5.02 Å². The molecule has 10 heteroatoms. The molecule has 2 saturated heterocycles. The lowest BCUT2D eigenvalue weighted by atomic mass is 9.95. The van der Waals surface area contributed by atoms with E-state index in [2.05, 4.69) is 0 Å². The van der Waals surface area contributed by atoms with Gasteiger partial charge in [-0.15, -0.1) is 11.3 Å². The lowest BCUT2D eigenvalue weighted by Crippen LogP contribution is -2.37. The molecule has 0 radical (unpaired) electrons. The topological polar surface area (TPSA) is 93.0 Å². The first-order valence-electron chi connectivity index (χ1n) is 11.4. The van der Waals surface area contributed by atoms with Gasteiger partial charge in [0.25, 0.3) is 11.6 Å². The molecule has 6 rings (SSSR count). The van der Waals surface area contributed by atoms with Crippen LogP contribution in [0.1, 0.15) is 10.9 Å². The third-order valence-electron chi connectivity index (χ3n) is 6.49. The summed E-state index contributed by atoms with van der Waals surface area (Å²) in [5.41, 5.74) is 2.01. The Labute approximate surface area is 220 Å². The molecule has 1 aromatic heterocycles. The third kappa shape index (κ3) is 3.97. The second-order valence-electron chi connectivity index (χ2n) is 8.65. The number of amides is 2. The van der Waals surface area contributed by atoms with Gasteiger partial charge in [0, 0.05) is 26.9 Å². The fourth-order valence-electron chi connectivity index (χ4n) is 4.76. The summed E-state index contributed by atoms with van der Waals surface area (Å²) >= 11 is 7.46. The number of hydrogen-bond acceptors (Lipinski definition) is 7. The average Bonchev–Trinajstić information content (AvgIpc) is 3.61. The summed E-state index contributed by atoms with van der Waals surface area (Å²) in [4.78, 5) is 46.8. The first-order chi connectivity index (χ1) is 17.9. The van der Waals surface area contributed by atoms with Crippen molar-refractivity contribution in [3.63, 3.8) is 0 Å². The number of carbonyl (C=O) groups is 2. The number of carbonyl (C=O) groups excluding carboxylic acids is 2. The van der Waals surface area contributed by atoms with Crippen molar-refractivity contribution >= 4 is 51.8 Å². The van der Waals surface area contributed by atoms with Crippen LogP contribution >= 0.6 is 22.9 Å². The minimum Gasteiger partial charge on any atom is -0.273 e. The number of imide groups is 1. The lowest BCUT2D eigenvalue weighted by molar-refractivity contribution is -0.384. The molecule has 37 heavy (non-hydrogen) atoms. The maximum Gasteiger partial charge on any atom is 0.269 e. The third-order valence-corrected chi connectivity index (χ3v) is 7.95. The van der Waals surface area contributed by atoms with Crippen molar-refractivity contribution in [2.24, 2.45) is 5.92 Å². The monoisotopic (exact) mass is 531 g/mol. The van der Waals surface area contributed by atoms with Crippen LogP contribution in [0.4, 0.5) is 17.1 Å².